The minimum Gasteiger partial charge on any atom is -0.475 e. The molecule has 0 aromatic carbocycles. The van der Waals surface area contributed by atoms with Crippen molar-refractivity contribution in [3.8, 4) is 0 Å². The van der Waals surface area contributed by atoms with Crippen LogP contribution in [0.4, 0.5) is 13.2 Å². The summed E-state index contributed by atoms with van der Waals surface area (Å²) < 4.78 is 31.7. The van der Waals surface area contributed by atoms with Crippen LogP contribution in [-0.2, 0) is 16.0 Å². The number of aryl methyl sites for hydroxylation is 2. The number of thiophene rings is 1. The van der Waals surface area contributed by atoms with Crippen molar-refractivity contribution >= 4 is 23.2 Å². The Labute approximate surface area is 184 Å². The summed E-state index contributed by atoms with van der Waals surface area (Å²) in [5.74, 6) is -1.71. The highest BCUT2D eigenvalue weighted by atomic mass is 32.1. The molecule has 1 aromatic heterocycles. The number of piperidine rings is 2. The van der Waals surface area contributed by atoms with Gasteiger partial charge in [0.15, 0.2) is 0 Å². The van der Waals surface area contributed by atoms with Gasteiger partial charge in [0.05, 0.1) is 12.5 Å². The van der Waals surface area contributed by atoms with Crippen LogP contribution in [0.25, 0.3) is 0 Å². The summed E-state index contributed by atoms with van der Waals surface area (Å²) in [5.41, 5.74) is 1.18. The second kappa shape index (κ2) is 11.3. The summed E-state index contributed by atoms with van der Waals surface area (Å²) in [6, 6.07) is 2.14. The molecule has 0 aliphatic carbocycles. The average molecular weight is 465 g/mol. The Kier molecular flexibility index (Phi) is 9.32. The van der Waals surface area contributed by atoms with Crippen molar-refractivity contribution in [2.75, 3.05) is 26.2 Å². The summed E-state index contributed by atoms with van der Waals surface area (Å²) in [7, 11) is 0. The third-order valence-electron chi connectivity index (χ3n) is 5.97. The molecule has 0 radical (unpaired) electrons. The first-order chi connectivity index (χ1) is 14.5. The lowest BCUT2D eigenvalue weighted by Gasteiger charge is -2.38. The number of rotatable bonds is 4. The Morgan fingerprint density at radius 1 is 1.16 bits per heavy atom. The number of amides is 1. The average Bonchev–Trinajstić information content (AvgIpc) is 3.04. The molecule has 176 valence electrons. The second-order valence-corrected chi connectivity index (χ2v) is 9.67. The predicted molar refractivity (Wildman–Crippen MR) is 112 cm³/mol. The van der Waals surface area contributed by atoms with Gasteiger partial charge in [-0.3, -0.25) is 4.79 Å². The number of carboxylic acids is 1. The smallest absolute Gasteiger partial charge is 0.475 e. The molecule has 2 aliphatic rings. The van der Waals surface area contributed by atoms with Crippen molar-refractivity contribution in [2.24, 2.45) is 11.8 Å². The largest absolute Gasteiger partial charge is 0.490 e. The summed E-state index contributed by atoms with van der Waals surface area (Å²) in [6.07, 6.45) is -0.700. The van der Waals surface area contributed by atoms with Crippen LogP contribution in [0, 0.1) is 25.7 Å². The molecule has 1 aromatic rings. The van der Waals surface area contributed by atoms with E-state index in [1.807, 2.05) is 4.90 Å². The number of nitrogens with one attached hydrogen (secondary N) is 1. The number of halogens is 3. The molecule has 0 saturated carbocycles. The lowest BCUT2D eigenvalue weighted by Crippen LogP contribution is -2.45. The highest BCUT2D eigenvalue weighted by Gasteiger charge is 2.38. The maximum Gasteiger partial charge on any atom is 0.490 e. The van der Waals surface area contributed by atoms with Gasteiger partial charge in [-0.2, -0.15) is 13.2 Å². The molecule has 3 N–H and O–H groups in total. The van der Waals surface area contributed by atoms with E-state index < -0.39 is 12.1 Å². The van der Waals surface area contributed by atoms with Crippen molar-refractivity contribution in [2.45, 2.75) is 58.2 Å². The standard InChI is InChI=1S/C19H30N2O2S.C2HF3O2/c1-13-11-17(14(2)24-13)12-18(22)21-9-5-16(6-10-21)19(23)15-3-7-20-8-4-15;3-2(4,5)1(6)7/h11,15-16,19-20,23H,3-10,12H2,1-2H3;(H,6,7). The fourth-order valence-corrected chi connectivity index (χ4v) is 5.14. The molecule has 1 atom stereocenters. The van der Waals surface area contributed by atoms with Gasteiger partial charge in [0, 0.05) is 22.8 Å². The summed E-state index contributed by atoms with van der Waals surface area (Å²) in [4.78, 5) is 26.0. The number of nitrogens with zero attached hydrogens (tertiary/aromatic N) is 1. The second-order valence-electron chi connectivity index (χ2n) is 8.21. The fraction of sp³-hybridized carbons (Fsp3) is 0.714. The van der Waals surface area contributed by atoms with E-state index >= 15 is 0 Å². The number of carbonyl (C=O) groups excluding carboxylic acids is 1. The highest BCUT2D eigenvalue weighted by Crippen LogP contribution is 2.29. The number of hydrogen-bond acceptors (Lipinski definition) is 5. The molecule has 3 rings (SSSR count). The molecule has 6 nitrogen and oxygen atoms in total. The van der Waals surface area contributed by atoms with E-state index in [1.165, 1.54) is 15.3 Å². The van der Waals surface area contributed by atoms with E-state index in [0.717, 1.165) is 51.9 Å². The summed E-state index contributed by atoms with van der Waals surface area (Å²) in [5, 5.41) is 21.2. The third kappa shape index (κ3) is 7.76. The molecular formula is C21H31F3N2O4S. The maximum absolute atomic E-state index is 12.6. The Bertz CT molecular complexity index is 739. The topological polar surface area (TPSA) is 89.9 Å². The van der Waals surface area contributed by atoms with Gasteiger partial charge in [-0.05, 0) is 76.1 Å². The molecule has 31 heavy (non-hydrogen) atoms. The molecule has 2 aliphatic heterocycles. The molecule has 3 heterocycles. The molecule has 0 bridgehead atoms. The van der Waals surface area contributed by atoms with Gasteiger partial charge in [-0.25, -0.2) is 4.79 Å². The Morgan fingerprint density at radius 2 is 1.68 bits per heavy atom. The van der Waals surface area contributed by atoms with Gasteiger partial charge in [-0.15, -0.1) is 11.3 Å². The number of likely N-dealkylation sites (tertiary alicyclic amines) is 1. The van der Waals surface area contributed by atoms with Crippen LogP contribution in [0.3, 0.4) is 0 Å². The van der Waals surface area contributed by atoms with E-state index in [2.05, 4.69) is 25.2 Å². The van der Waals surface area contributed by atoms with Crippen LogP contribution in [0.2, 0.25) is 0 Å². The van der Waals surface area contributed by atoms with Crippen molar-refractivity contribution in [1.82, 2.24) is 10.2 Å². The number of aliphatic hydroxyl groups is 1. The number of aliphatic carboxylic acids is 1. The predicted octanol–water partition coefficient (Wildman–Crippen LogP) is 3.14. The minimum atomic E-state index is -5.08. The highest BCUT2D eigenvalue weighted by molar-refractivity contribution is 7.12. The van der Waals surface area contributed by atoms with Gasteiger partial charge < -0.3 is 20.4 Å². The molecule has 1 unspecified atom stereocenters. The summed E-state index contributed by atoms with van der Waals surface area (Å²) >= 11 is 1.77. The van der Waals surface area contributed by atoms with Crippen LogP contribution < -0.4 is 5.32 Å². The van der Waals surface area contributed by atoms with Gasteiger partial charge in [0.2, 0.25) is 5.91 Å². The SMILES string of the molecule is Cc1cc(CC(=O)N2CCC(C(O)C3CCNCC3)CC2)c(C)s1.O=C(O)C(F)(F)F. The van der Waals surface area contributed by atoms with Crippen molar-refractivity contribution in [3.05, 3.63) is 21.4 Å². The Balaban J connectivity index is 0.000000423. The quantitative estimate of drug-likeness (QED) is 0.637. The zero-order valence-electron chi connectivity index (χ0n) is 17.9. The zero-order valence-corrected chi connectivity index (χ0v) is 18.7. The van der Waals surface area contributed by atoms with Crippen LogP contribution in [-0.4, -0.2) is 65.4 Å². The van der Waals surface area contributed by atoms with Gasteiger partial charge >= 0.3 is 12.1 Å². The lowest BCUT2D eigenvalue weighted by molar-refractivity contribution is -0.192. The van der Waals surface area contributed by atoms with Crippen LogP contribution in [0.5, 0.6) is 0 Å². The van der Waals surface area contributed by atoms with Gasteiger partial charge in [0.1, 0.15) is 0 Å². The number of hydrogen-bond donors (Lipinski definition) is 3. The van der Waals surface area contributed by atoms with Crippen LogP contribution in [0.1, 0.15) is 41.0 Å². The van der Waals surface area contributed by atoms with E-state index in [1.54, 1.807) is 11.3 Å². The third-order valence-corrected chi connectivity index (χ3v) is 6.98. The van der Waals surface area contributed by atoms with E-state index in [0.29, 0.717) is 18.3 Å². The summed E-state index contributed by atoms with van der Waals surface area (Å²) in [6.45, 7) is 7.85. The van der Waals surface area contributed by atoms with Gasteiger partial charge in [0.25, 0.3) is 0 Å². The zero-order chi connectivity index (χ0) is 23.2. The number of aliphatic hydroxyl groups excluding tert-OH is 1. The fourth-order valence-electron chi connectivity index (χ4n) is 4.19. The van der Waals surface area contributed by atoms with Crippen molar-refractivity contribution in [1.29, 1.82) is 0 Å². The molecule has 1 amide bonds. The van der Waals surface area contributed by atoms with Crippen LogP contribution >= 0.6 is 11.3 Å². The number of carbonyl (C=O) groups is 2. The molecule has 2 fully saturated rings. The minimum absolute atomic E-state index is 0.189. The maximum atomic E-state index is 12.6. The lowest BCUT2D eigenvalue weighted by atomic mass is 9.80. The Hall–Kier alpha value is -1.65. The number of carboxylic acid groups (broad SMARTS) is 1. The first-order valence-corrected chi connectivity index (χ1v) is 11.3. The normalized spacial score (nSPS) is 19.5. The van der Waals surface area contributed by atoms with Crippen LogP contribution in [0.15, 0.2) is 6.07 Å². The van der Waals surface area contributed by atoms with Gasteiger partial charge in [-0.1, -0.05) is 0 Å². The molecule has 2 saturated heterocycles. The van der Waals surface area contributed by atoms with Crippen molar-refractivity contribution < 1.29 is 33.0 Å². The molecular weight excluding hydrogens is 433 g/mol. The Morgan fingerprint density at radius 3 is 2.13 bits per heavy atom. The monoisotopic (exact) mass is 464 g/mol. The molecule has 0 spiro atoms. The van der Waals surface area contributed by atoms with E-state index in [4.69, 9.17) is 9.90 Å². The van der Waals surface area contributed by atoms with E-state index in [9.17, 15) is 23.1 Å². The van der Waals surface area contributed by atoms with E-state index in [-0.39, 0.29) is 12.0 Å². The molecule has 10 heteroatoms. The van der Waals surface area contributed by atoms with Crippen molar-refractivity contribution in [3.63, 3.8) is 0 Å². The first-order valence-electron chi connectivity index (χ1n) is 10.5. The number of alkyl halides is 3. The first kappa shape index (κ1) is 25.6.